The van der Waals surface area contributed by atoms with Gasteiger partial charge in [-0.1, -0.05) is 19.3 Å². The maximum absolute atomic E-state index is 11.7. The first-order valence-corrected chi connectivity index (χ1v) is 6.43. The summed E-state index contributed by atoms with van der Waals surface area (Å²) >= 11 is 0. The Kier molecular flexibility index (Phi) is 4.04. The fourth-order valence-corrected chi connectivity index (χ4v) is 2.59. The Morgan fingerprint density at radius 3 is 2.62 bits per heavy atom. The van der Waals surface area contributed by atoms with Crippen LogP contribution in [0.4, 0.5) is 4.79 Å². The summed E-state index contributed by atoms with van der Waals surface area (Å²) in [6.45, 7) is 2.01. The summed E-state index contributed by atoms with van der Waals surface area (Å²) in [4.78, 5) is 13.4. The van der Waals surface area contributed by atoms with Crippen molar-refractivity contribution in [3.63, 3.8) is 0 Å². The van der Waals surface area contributed by atoms with Crippen LogP contribution in [0, 0.1) is 5.92 Å². The average molecular weight is 226 g/mol. The van der Waals surface area contributed by atoms with E-state index in [0.29, 0.717) is 19.1 Å². The Bertz CT molecular complexity index is 239. The molecule has 1 heterocycles. The first kappa shape index (κ1) is 11.7. The summed E-state index contributed by atoms with van der Waals surface area (Å²) in [5.41, 5.74) is 5.75. The van der Waals surface area contributed by atoms with Gasteiger partial charge in [0.05, 0.1) is 6.61 Å². The van der Waals surface area contributed by atoms with E-state index >= 15 is 0 Å². The van der Waals surface area contributed by atoms with E-state index in [-0.39, 0.29) is 12.1 Å². The number of nitrogens with zero attached hydrogens (tertiary/aromatic N) is 1. The van der Waals surface area contributed by atoms with E-state index in [0.717, 1.165) is 13.0 Å². The number of carbonyl (C=O) groups is 1. The van der Waals surface area contributed by atoms with Gasteiger partial charge in [-0.2, -0.15) is 0 Å². The standard InChI is InChI=1S/C12H22N2O2/c13-11-6-7-14(8-11)12(15)16-9-10-4-2-1-3-5-10/h10-11H,1-9,13H2. The zero-order valence-corrected chi connectivity index (χ0v) is 9.86. The Morgan fingerprint density at radius 1 is 1.25 bits per heavy atom. The second kappa shape index (κ2) is 5.53. The van der Waals surface area contributed by atoms with Crippen molar-refractivity contribution in [2.45, 2.75) is 44.6 Å². The summed E-state index contributed by atoms with van der Waals surface area (Å²) in [7, 11) is 0. The van der Waals surface area contributed by atoms with Crippen LogP contribution in [0.2, 0.25) is 0 Å². The van der Waals surface area contributed by atoms with Crippen molar-refractivity contribution in [1.29, 1.82) is 0 Å². The van der Waals surface area contributed by atoms with Crippen molar-refractivity contribution in [2.24, 2.45) is 11.7 Å². The highest BCUT2D eigenvalue weighted by Gasteiger charge is 2.25. The van der Waals surface area contributed by atoms with Crippen molar-refractivity contribution in [1.82, 2.24) is 4.90 Å². The normalized spacial score (nSPS) is 27.1. The zero-order valence-electron chi connectivity index (χ0n) is 9.86. The molecule has 0 aromatic heterocycles. The molecule has 2 aliphatic rings. The lowest BCUT2D eigenvalue weighted by Gasteiger charge is -2.23. The van der Waals surface area contributed by atoms with Crippen molar-refractivity contribution in [3.05, 3.63) is 0 Å². The minimum atomic E-state index is -0.168. The molecule has 2 rings (SSSR count). The Labute approximate surface area is 97.1 Å². The van der Waals surface area contributed by atoms with Crippen LogP contribution >= 0.6 is 0 Å². The summed E-state index contributed by atoms with van der Waals surface area (Å²) in [5.74, 6) is 0.592. The second-order valence-corrected chi connectivity index (χ2v) is 5.08. The third-order valence-corrected chi connectivity index (χ3v) is 3.65. The molecule has 92 valence electrons. The van der Waals surface area contributed by atoms with E-state index in [1.165, 1.54) is 32.1 Å². The lowest BCUT2D eigenvalue weighted by molar-refractivity contribution is 0.0865. The molecule has 0 spiro atoms. The monoisotopic (exact) mass is 226 g/mol. The predicted octanol–water partition coefficient (Wildman–Crippen LogP) is 1.74. The maximum atomic E-state index is 11.7. The molecular formula is C12H22N2O2. The third kappa shape index (κ3) is 3.11. The summed E-state index contributed by atoms with van der Waals surface area (Å²) in [6.07, 6.45) is 7.08. The molecule has 1 aliphatic heterocycles. The van der Waals surface area contributed by atoms with Gasteiger partial charge in [0.2, 0.25) is 0 Å². The van der Waals surface area contributed by atoms with Crippen LogP contribution in [-0.4, -0.2) is 36.7 Å². The number of hydrogen-bond acceptors (Lipinski definition) is 3. The molecule has 1 saturated heterocycles. The molecule has 1 aliphatic carbocycles. The van der Waals surface area contributed by atoms with Crippen LogP contribution in [0.1, 0.15) is 38.5 Å². The second-order valence-electron chi connectivity index (χ2n) is 5.08. The highest BCUT2D eigenvalue weighted by molar-refractivity contribution is 5.68. The van der Waals surface area contributed by atoms with Crippen LogP contribution in [0.15, 0.2) is 0 Å². The first-order chi connectivity index (χ1) is 7.75. The molecule has 0 aromatic carbocycles. The maximum Gasteiger partial charge on any atom is 0.409 e. The summed E-state index contributed by atoms with van der Waals surface area (Å²) in [5, 5.41) is 0. The van der Waals surface area contributed by atoms with Gasteiger partial charge >= 0.3 is 6.09 Å². The van der Waals surface area contributed by atoms with Crippen LogP contribution in [0.25, 0.3) is 0 Å². The quantitative estimate of drug-likeness (QED) is 0.780. The van der Waals surface area contributed by atoms with E-state index < -0.39 is 0 Å². The Hall–Kier alpha value is -0.770. The van der Waals surface area contributed by atoms with Crippen LogP contribution in [0.3, 0.4) is 0 Å². The van der Waals surface area contributed by atoms with Crippen molar-refractivity contribution in [3.8, 4) is 0 Å². The molecule has 1 atom stereocenters. The van der Waals surface area contributed by atoms with E-state index in [2.05, 4.69) is 0 Å². The van der Waals surface area contributed by atoms with Gasteiger partial charge in [0.1, 0.15) is 0 Å². The highest BCUT2D eigenvalue weighted by atomic mass is 16.6. The lowest BCUT2D eigenvalue weighted by Crippen LogP contribution is -2.33. The predicted molar refractivity (Wildman–Crippen MR) is 62.1 cm³/mol. The van der Waals surface area contributed by atoms with Gasteiger partial charge in [-0.15, -0.1) is 0 Å². The summed E-state index contributed by atoms with van der Waals surface area (Å²) < 4.78 is 5.35. The number of rotatable bonds is 2. The summed E-state index contributed by atoms with van der Waals surface area (Å²) in [6, 6.07) is 0.141. The van der Waals surface area contributed by atoms with E-state index in [1.807, 2.05) is 0 Å². The Morgan fingerprint density at radius 2 is 2.00 bits per heavy atom. The van der Waals surface area contributed by atoms with E-state index in [1.54, 1.807) is 4.90 Å². The SMILES string of the molecule is NC1CCN(C(=O)OCC2CCCCC2)C1. The number of carbonyl (C=O) groups excluding carboxylic acids is 1. The minimum absolute atomic E-state index is 0.141. The molecule has 1 saturated carbocycles. The van der Waals surface area contributed by atoms with Gasteiger partial charge in [-0.3, -0.25) is 0 Å². The number of likely N-dealkylation sites (tertiary alicyclic amines) is 1. The number of hydrogen-bond donors (Lipinski definition) is 1. The number of nitrogens with two attached hydrogens (primary N) is 1. The van der Waals surface area contributed by atoms with Crippen LogP contribution in [-0.2, 0) is 4.74 Å². The zero-order chi connectivity index (χ0) is 11.4. The molecule has 0 radical (unpaired) electrons. The smallest absolute Gasteiger partial charge is 0.409 e. The lowest BCUT2D eigenvalue weighted by atomic mass is 9.90. The molecule has 0 bridgehead atoms. The van der Waals surface area contributed by atoms with Gasteiger partial charge in [0, 0.05) is 19.1 Å². The van der Waals surface area contributed by atoms with Gasteiger partial charge in [-0.25, -0.2) is 4.79 Å². The largest absolute Gasteiger partial charge is 0.449 e. The molecule has 2 N–H and O–H groups in total. The molecule has 4 nitrogen and oxygen atoms in total. The van der Waals surface area contributed by atoms with Crippen LogP contribution < -0.4 is 5.73 Å². The van der Waals surface area contributed by atoms with Crippen LogP contribution in [0.5, 0.6) is 0 Å². The highest BCUT2D eigenvalue weighted by Crippen LogP contribution is 2.24. The molecule has 4 heteroatoms. The number of amides is 1. The van der Waals surface area contributed by atoms with Crippen molar-refractivity contribution >= 4 is 6.09 Å². The van der Waals surface area contributed by atoms with Gasteiger partial charge in [0.25, 0.3) is 0 Å². The van der Waals surface area contributed by atoms with Gasteiger partial charge in [0.15, 0.2) is 0 Å². The topological polar surface area (TPSA) is 55.6 Å². The van der Waals surface area contributed by atoms with E-state index in [9.17, 15) is 4.79 Å². The fraction of sp³-hybridized carbons (Fsp3) is 0.917. The fourth-order valence-electron chi connectivity index (χ4n) is 2.59. The van der Waals surface area contributed by atoms with E-state index in [4.69, 9.17) is 10.5 Å². The van der Waals surface area contributed by atoms with Gasteiger partial charge in [-0.05, 0) is 25.2 Å². The number of ether oxygens (including phenoxy) is 1. The average Bonchev–Trinajstić information content (AvgIpc) is 2.74. The van der Waals surface area contributed by atoms with Crippen molar-refractivity contribution < 1.29 is 9.53 Å². The van der Waals surface area contributed by atoms with Gasteiger partial charge < -0.3 is 15.4 Å². The molecule has 16 heavy (non-hydrogen) atoms. The molecule has 1 amide bonds. The molecule has 1 unspecified atom stereocenters. The Balaban J connectivity index is 1.67. The third-order valence-electron chi connectivity index (χ3n) is 3.65. The molecular weight excluding hydrogens is 204 g/mol. The first-order valence-electron chi connectivity index (χ1n) is 6.43. The molecule has 0 aromatic rings. The minimum Gasteiger partial charge on any atom is -0.449 e. The van der Waals surface area contributed by atoms with Crippen molar-refractivity contribution in [2.75, 3.05) is 19.7 Å². The molecule has 2 fully saturated rings.